The van der Waals surface area contributed by atoms with E-state index < -0.39 is 0 Å². The quantitative estimate of drug-likeness (QED) is 0.748. The van der Waals surface area contributed by atoms with Gasteiger partial charge in [0.15, 0.2) is 0 Å². The van der Waals surface area contributed by atoms with E-state index in [0.29, 0.717) is 13.1 Å². The van der Waals surface area contributed by atoms with Gasteiger partial charge in [0.05, 0.1) is 31.9 Å². The SMILES string of the molecule is CCN(CCO)C(=O)Cc1csc(-c2ccc(CN3CCOCC3)cc2)n1. The number of thiazole rings is 1. The summed E-state index contributed by atoms with van der Waals surface area (Å²) in [5.74, 6) is 0.00394. The van der Waals surface area contributed by atoms with Crippen molar-refractivity contribution in [3.05, 3.63) is 40.9 Å². The van der Waals surface area contributed by atoms with Crippen molar-refractivity contribution in [3.8, 4) is 10.6 Å². The van der Waals surface area contributed by atoms with Crippen molar-refractivity contribution in [2.45, 2.75) is 19.9 Å². The summed E-state index contributed by atoms with van der Waals surface area (Å²) in [6, 6.07) is 8.50. The molecule has 1 aliphatic rings. The lowest BCUT2D eigenvalue weighted by Gasteiger charge is -2.26. The first kappa shape index (κ1) is 19.9. The first-order valence-electron chi connectivity index (χ1n) is 9.42. The highest BCUT2D eigenvalue weighted by Gasteiger charge is 2.15. The lowest BCUT2D eigenvalue weighted by Crippen LogP contribution is -2.35. The first-order valence-corrected chi connectivity index (χ1v) is 10.3. The van der Waals surface area contributed by atoms with Gasteiger partial charge < -0.3 is 14.7 Å². The van der Waals surface area contributed by atoms with Crippen molar-refractivity contribution in [1.82, 2.24) is 14.8 Å². The van der Waals surface area contributed by atoms with Gasteiger partial charge in [0, 0.05) is 43.7 Å². The summed E-state index contributed by atoms with van der Waals surface area (Å²) in [4.78, 5) is 21.0. The summed E-state index contributed by atoms with van der Waals surface area (Å²) in [6.07, 6.45) is 0.277. The third-order valence-corrected chi connectivity index (χ3v) is 5.64. The Labute approximate surface area is 164 Å². The number of nitrogens with zero attached hydrogens (tertiary/aromatic N) is 3. The van der Waals surface area contributed by atoms with Gasteiger partial charge in [-0.05, 0) is 12.5 Å². The van der Waals surface area contributed by atoms with Gasteiger partial charge in [0.1, 0.15) is 5.01 Å². The van der Waals surface area contributed by atoms with Crippen molar-refractivity contribution < 1.29 is 14.6 Å². The molecule has 0 aliphatic carbocycles. The molecule has 2 aromatic rings. The van der Waals surface area contributed by atoms with Gasteiger partial charge in [-0.1, -0.05) is 24.3 Å². The molecule has 0 atom stereocenters. The molecule has 0 saturated carbocycles. The number of aliphatic hydroxyl groups excluding tert-OH is 1. The molecular formula is C20H27N3O3S. The topological polar surface area (TPSA) is 65.9 Å². The Balaban J connectivity index is 1.59. The van der Waals surface area contributed by atoms with Crippen LogP contribution in [0, 0.1) is 0 Å². The van der Waals surface area contributed by atoms with Crippen molar-refractivity contribution in [2.75, 3.05) is 46.0 Å². The second kappa shape index (κ2) is 9.94. The maximum absolute atomic E-state index is 12.3. The van der Waals surface area contributed by atoms with Crippen molar-refractivity contribution >= 4 is 17.2 Å². The second-order valence-electron chi connectivity index (χ2n) is 6.60. The van der Waals surface area contributed by atoms with E-state index in [9.17, 15) is 4.79 Å². The molecule has 0 radical (unpaired) electrons. The lowest BCUT2D eigenvalue weighted by atomic mass is 10.1. The van der Waals surface area contributed by atoms with Crippen LogP contribution >= 0.6 is 11.3 Å². The van der Waals surface area contributed by atoms with E-state index in [2.05, 4.69) is 34.1 Å². The molecule has 1 aromatic heterocycles. The highest BCUT2D eigenvalue weighted by Crippen LogP contribution is 2.25. The summed E-state index contributed by atoms with van der Waals surface area (Å²) in [5, 5.41) is 11.9. The predicted molar refractivity (Wildman–Crippen MR) is 107 cm³/mol. The Bertz CT molecular complexity index is 726. The number of aromatic nitrogens is 1. The van der Waals surface area contributed by atoms with Gasteiger partial charge >= 0.3 is 0 Å². The van der Waals surface area contributed by atoms with E-state index in [1.165, 1.54) is 5.56 Å². The molecule has 0 unspecified atom stereocenters. The number of morpholine rings is 1. The van der Waals surface area contributed by atoms with Crippen molar-refractivity contribution in [1.29, 1.82) is 0 Å². The fourth-order valence-corrected chi connectivity index (χ4v) is 3.96. The predicted octanol–water partition coefficient (Wildman–Crippen LogP) is 2.03. The van der Waals surface area contributed by atoms with Crippen LogP contribution in [0.4, 0.5) is 0 Å². The Morgan fingerprint density at radius 1 is 1.30 bits per heavy atom. The van der Waals surface area contributed by atoms with E-state index in [0.717, 1.165) is 49.1 Å². The van der Waals surface area contributed by atoms with Crippen LogP contribution in [0.3, 0.4) is 0 Å². The Morgan fingerprint density at radius 3 is 2.70 bits per heavy atom. The molecule has 1 saturated heterocycles. The third-order valence-electron chi connectivity index (χ3n) is 4.70. The molecule has 2 heterocycles. The lowest BCUT2D eigenvalue weighted by molar-refractivity contribution is -0.130. The first-order chi connectivity index (χ1) is 13.2. The van der Waals surface area contributed by atoms with Crippen molar-refractivity contribution in [2.24, 2.45) is 0 Å². The maximum Gasteiger partial charge on any atom is 0.228 e. The number of amides is 1. The third kappa shape index (κ3) is 5.59. The summed E-state index contributed by atoms with van der Waals surface area (Å²) in [5.41, 5.74) is 3.15. The number of hydrogen-bond acceptors (Lipinski definition) is 6. The van der Waals surface area contributed by atoms with E-state index in [-0.39, 0.29) is 18.9 Å². The number of carbonyl (C=O) groups excluding carboxylic acids is 1. The average molecular weight is 390 g/mol. The maximum atomic E-state index is 12.3. The molecule has 0 bridgehead atoms. The number of benzene rings is 1. The van der Waals surface area contributed by atoms with Crippen LogP contribution in [0.5, 0.6) is 0 Å². The molecule has 1 N–H and O–H groups in total. The van der Waals surface area contributed by atoms with Crippen LogP contribution in [0.15, 0.2) is 29.6 Å². The minimum atomic E-state index is -0.0152. The largest absolute Gasteiger partial charge is 0.395 e. The molecule has 146 valence electrons. The van der Waals surface area contributed by atoms with Crippen LogP contribution < -0.4 is 0 Å². The standard InChI is InChI=1S/C20H27N3O3S/c1-2-23(7-10-24)19(25)13-18-15-27-20(21-18)17-5-3-16(4-6-17)14-22-8-11-26-12-9-22/h3-6,15,24H,2,7-14H2,1H3. The normalized spacial score (nSPS) is 15.0. The number of ether oxygens (including phenoxy) is 1. The molecule has 1 fully saturated rings. The Hall–Kier alpha value is -1.80. The van der Waals surface area contributed by atoms with Gasteiger partial charge in [-0.3, -0.25) is 9.69 Å². The number of rotatable bonds is 8. The van der Waals surface area contributed by atoms with E-state index in [4.69, 9.17) is 9.84 Å². The molecule has 7 heteroatoms. The summed E-state index contributed by atoms with van der Waals surface area (Å²) in [6.45, 7) is 7.40. The Kier molecular flexibility index (Phi) is 7.34. The summed E-state index contributed by atoms with van der Waals surface area (Å²) in [7, 11) is 0. The zero-order valence-corrected chi connectivity index (χ0v) is 16.6. The van der Waals surface area contributed by atoms with Gasteiger partial charge in [-0.25, -0.2) is 4.98 Å². The van der Waals surface area contributed by atoms with Gasteiger partial charge in [-0.15, -0.1) is 11.3 Å². The molecule has 1 aromatic carbocycles. The molecular weight excluding hydrogens is 362 g/mol. The molecule has 3 rings (SSSR count). The highest BCUT2D eigenvalue weighted by atomic mass is 32.1. The molecule has 0 spiro atoms. The molecule has 27 heavy (non-hydrogen) atoms. The second-order valence-corrected chi connectivity index (χ2v) is 7.46. The minimum absolute atomic E-state index is 0.00394. The van der Waals surface area contributed by atoms with Crippen LogP contribution in [-0.4, -0.2) is 71.8 Å². The fourth-order valence-electron chi connectivity index (χ4n) is 3.14. The van der Waals surface area contributed by atoms with Crippen LogP contribution in [0.1, 0.15) is 18.2 Å². The van der Waals surface area contributed by atoms with Gasteiger partial charge in [-0.2, -0.15) is 0 Å². The van der Waals surface area contributed by atoms with Crippen LogP contribution in [-0.2, 0) is 22.5 Å². The zero-order chi connectivity index (χ0) is 19.1. The molecule has 6 nitrogen and oxygen atoms in total. The number of hydrogen-bond donors (Lipinski definition) is 1. The van der Waals surface area contributed by atoms with E-state index in [1.54, 1.807) is 16.2 Å². The monoisotopic (exact) mass is 389 g/mol. The van der Waals surface area contributed by atoms with Gasteiger partial charge in [0.25, 0.3) is 0 Å². The molecule has 1 amide bonds. The van der Waals surface area contributed by atoms with Crippen LogP contribution in [0.2, 0.25) is 0 Å². The highest BCUT2D eigenvalue weighted by molar-refractivity contribution is 7.13. The van der Waals surface area contributed by atoms with Gasteiger partial charge in [0.2, 0.25) is 5.91 Å². The van der Waals surface area contributed by atoms with E-state index in [1.807, 2.05) is 12.3 Å². The Morgan fingerprint density at radius 2 is 2.04 bits per heavy atom. The van der Waals surface area contributed by atoms with Crippen LogP contribution in [0.25, 0.3) is 10.6 Å². The number of likely N-dealkylation sites (N-methyl/N-ethyl adjacent to an activating group) is 1. The summed E-state index contributed by atoms with van der Waals surface area (Å²) >= 11 is 1.56. The number of carbonyl (C=O) groups is 1. The molecule has 1 aliphatic heterocycles. The zero-order valence-electron chi connectivity index (χ0n) is 15.8. The smallest absolute Gasteiger partial charge is 0.228 e. The summed E-state index contributed by atoms with van der Waals surface area (Å²) < 4.78 is 5.39. The average Bonchev–Trinajstić information content (AvgIpc) is 3.16. The van der Waals surface area contributed by atoms with Crippen molar-refractivity contribution in [3.63, 3.8) is 0 Å². The number of aliphatic hydroxyl groups is 1. The minimum Gasteiger partial charge on any atom is -0.395 e. The van der Waals surface area contributed by atoms with E-state index >= 15 is 0 Å². The fraction of sp³-hybridized carbons (Fsp3) is 0.500.